The summed E-state index contributed by atoms with van der Waals surface area (Å²) in [5, 5.41) is 0. The van der Waals surface area contributed by atoms with Gasteiger partial charge < -0.3 is 76.7 Å². The molecule has 0 heterocycles. The second-order valence-corrected chi connectivity index (χ2v) is 0. The van der Waals surface area contributed by atoms with Gasteiger partial charge >= 0.3 is 0 Å². The van der Waals surface area contributed by atoms with Gasteiger partial charge in [-0.05, 0) is 0 Å². The molecule has 14 nitrogen and oxygen atoms in total. The molecule has 7 N–H and O–H groups in total. The van der Waals surface area contributed by atoms with Gasteiger partial charge in [-0.2, -0.15) is 0 Å². The maximum atomic E-state index is 0. The zero-order chi connectivity index (χ0) is 0. The molecule has 0 atom stereocenters. The van der Waals surface area contributed by atoms with Gasteiger partial charge in [-0.25, -0.2) is 0 Å². The molecule has 0 bridgehead atoms. The topological polar surface area (TPSA) is 410 Å². The van der Waals surface area contributed by atoms with Crippen molar-refractivity contribution in [3.63, 3.8) is 0 Å². The van der Waals surface area contributed by atoms with E-state index in [2.05, 4.69) is 0 Å². The van der Waals surface area contributed by atoms with Crippen LogP contribution in [0.25, 0.3) is 0 Å². The van der Waals surface area contributed by atoms with Gasteiger partial charge in [-0.15, -0.1) is 0 Å². The summed E-state index contributed by atoms with van der Waals surface area (Å²) >= 11 is 0. The van der Waals surface area contributed by atoms with E-state index in [1.54, 1.807) is 0 Å². The van der Waals surface area contributed by atoms with E-state index in [9.17, 15) is 0 Å². The fraction of sp³-hybridized carbons (Fsp3) is 0. The van der Waals surface area contributed by atoms with Crippen LogP contribution in [-0.4, -0.2) is 38.3 Å². The summed E-state index contributed by atoms with van der Waals surface area (Å²) in [6.07, 6.45) is 0. The first-order chi connectivity index (χ1) is 0. The van der Waals surface area contributed by atoms with Crippen molar-refractivity contribution in [2.75, 3.05) is 0 Å². The average molecular weight is 790 g/mol. The van der Waals surface area contributed by atoms with E-state index >= 15 is 0 Å². The summed E-state index contributed by atoms with van der Waals surface area (Å²) in [6, 6.07) is 0. The van der Waals surface area contributed by atoms with Crippen LogP contribution in [-0.2, 0) is 99.6 Å². The largest absolute Gasteiger partial charge is 2.00 e. The molecular formula is H7O14Re3-21. The van der Waals surface area contributed by atoms with Crippen LogP contribution in [0.1, 0.15) is 0 Å². The first-order valence-electron chi connectivity index (χ1n) is 0. The molecule has 0 aliphatic rings. The minimum atomic E-state index is 0. The van der Waals surface area contributed by atoms with E-state index in [0.29, 0.717) is 0 Å². The summed E-state index contributed by atoms with van der Waals surface area (Å²) in [4.78, 5) is 0. The third kappa shape index (κ3) is 2040. The summed E-state index contributed by atoms with van der Waals surface area (Å²) in [5.41, 5.74) is 0. The number of hydrogen-bond donors (Lipinski definition) is 0. The van der Waals surface area contributed by atoms with Crippen molar-refractivity contribution in [3.05, 3.63) is 0 Å². The molecule has 0 aromatic rings. The molecule has 0 spiro atoms. The first-order valence-corrected chi connectivity index (χ1v) is 0. The third-order valence-corrected chi connectivity index (χ3v) is 0. The van der Waals surface area contributed by atoms with E-state index in [1.165, 1.54) is 0 Å². The number of hydrogen-bond acceptors (Lipinski definition) is 7. The van der Waals surface area contributed by atoms with E-state index in [-0.39, 0.29) is 138 Å². The van der Waals surface area contributed by atoms with Crippen molar-refractivity contribution < 1.29 is 138 Å². The Bertz CT molecular complexity index is 11.4. The van der Waals surface area contributed by atoms with Crippen molar-refractivity contribution in [1.29, 1.82) is 0 Å². The molecule has 0 unspecified atom stereocenters. The molecule has 0 rings (SSSR count). The molecule has 0 aliphatic carbocycles. The zero-order valence-electron chi connectivity index (χ0n) is 7.12. The van der Waals surface area contributed by atoms with Gasteiger partial charge in [-0.1, -0.05) is 0 Å². The van der Waals surface area contributed by atoms with Crippen molar-refractivity contribution in [3.8, 4) is 0 Å². The van der Waals surface area contributed by atoms with Crippen LogP contribution >= 0.6 is 0 Å². The van der Waals surface area contributed by atoms with Crippen LogP contribution in [0.4, 0.5) is 0 Å². The second-order valence-electron chi connectivity index (χ2n) is 0. The molecule has 3 radical (unpaired) electrons. The quantitative estimate of drug-likeness (QED) is 0.263. The van der Waals surface area contributed by atoms with Crippen LogP contribution in [0.2, 0.25) is 0 Å². The molecule has 0 aromatic carbocycles. The summed E-state index contributed by atoms with van der Waals surface area (Å²) in [5.74, 6) is 0. The maximum absolute atomic E-state index is 0. The molecule has 0 amide bonds. The second kappa shape index (κ2) is 2310. The van der Waals surface area contributed by atoms with E-state index in [4.69, 9.17) is 0 Å². The Balaban J connectivity index is 0. The van der Waals surface area contributed by atoms with Crippen LogP contribution in [0.15, 0.2) is 0 Å². The Morgan fingerprint density at radius 2 is 0.176 bits per heavy atom. The molecule has 0 fully saturated rings. The van der Waals surface area contributed by atoms with Crippen molar-refractivity contribution >= 4 is 0 Å². The van der Waals surface area contributed by atoms with Gasteiger partial charge in [0.1, 0.15) is 0 Å². The van der Waals surface area contributed by atoms with E-state index in [1.807, 2.05) is 0 Å². The van der Waals surface area contributed by atoms with Gasteiger partial charge in [0.2, 0.25) is 0 Å². The Kier molecular flexibility index (Phi) is 373000. The minimum Gasteiger partial charge on any atom is -2.00 e. The third-order valence-electron chi connectivity index (χ3n) is 0. The summed E-state index contributed by atoms with van der Waals surface area (Å²) in [7, 11) is 0. The van der Waals surface area contributed by atoms with Crippen LogP contribution in [0.5, 0.6) is 0 Å². The van der Waals surface area contributed by atoms with Gasteiger partial charge in [0, 0.05) is 61.3 Å². The van der Waals surface area contributed by atoms with E-state index in [0.717, 1.165) is 0 Å². The SMILES string of the molecule is [O-2].[O-2].[O-2].[O-2].[O-2].[O-2].[O-2].[OH-].[OH-].[OH-].[OH-].[OH-].[OH-].[OH-].[Re].[Re].[Re]. The van der Waals surface area contributed by atoms with Crippen molar-refractivity contribution in [1.82, 2.24) is 0 Å². The minimum absolute atomic E-state index is 0. The standard InChI is InChI=1S/7H2O.7O.3Re/h7*1H2;;;;;;;;;;/q;;;;;;;7*-2;;;/p-7. The molecule has 17 heteroatoms. The van der Waals surface area contributed by atoms with Crippen LogP contribution in [0, 0.1) is 0 Å². The molecule has 17 heavy (non-hydrogen) atoms. The molecular weight excluding hydrogens is 783 g/mol. The molecule has 0 saturated carbocycles. The molecule has 0 saturated heterocycles. The van der Waals surface area contributed by atoms with Gasteiger partial charge in [0.25, 0.3) is 0 Å². The Morgan fingerprint density at radius 1 is 0.176 bits per heavy atom. The Morgan fingerprint density at radius 3 is 0.176 bits per heavy atom. The van der Waals surface area contributed by atoms with Crippen molar-refractivity contribution in [2.24, 2.45) is 0 Å². The predicted molar refractivity (Wildman–Crippen MR) is 18.4 cm³/mol. The fourth-order valence-corrected chi connectivity index (χ4v) is 0. The zero-order valence-corrected chi connectivity index (χ0v) is 15.3. The van der Waals surface area contributed by atoms with Crippen molar-refractivity contribution in [2.45, 2.75) is 0 Å². The van der Waals surface area contributed by atoms with Gasteiger partial charge in [0.05, 0.1) is 0 Å². The van der Waals surface area contributed by atoms with Crippen LogP contribution in [0.3, 0.4) is 0 Å². The molecule has 133 valence electrons. The van der Waals surface area contributed by atoms with E-state index < -0.39 is 0 Å². The van der Waals surface area contributed by atoms with Gasteiger partial charge in [-0.3, -0.25) is 0 Å². The Labute approximate surface area is 137 Å². The Hall–Kier alpha value is 1.43. The van der Waals surface area contributed by atoms with Gasteiger partial charge in [0.15, 0.2) is 0 Å². The summed E-state index contributed by atoms with van der Waals surface area (Å²) < 4.78 is 0. The summed E-state index contributed by atoms with van der Waals surface area (Å²) in [6.45, 7) is 0. The smallest absolute Gasteiger partial charge is 0 e. The molecule has 0 aliphatic heterocycles. The predicted octanol–water partition coefficient (Wildman–Crippen LogP) is -2.08. The van der Waals surface area contributed by atoms with Crippen LogP contribution < -0.4 is 0 Å². The maximum Gasteiger partial charge on any atom is 0 e. The normalized spacial score (nSPS) is 0. The first kappa shape index (κ1) is 2750. The number of rotatable bonds is 0. The average Bonchev–Trinajstić information content (AvgIpc) is 0. The fourth-order valence-electron chi connectivity index (χ4n) is 0. The monoisotopic (exact) mass is 792 g/mol. The molecule has 0 aromatic heterocycles.